The predicted molar refractivity (Wildman–Crippen MR) is 171 cm³/mol. The molecule has 1 fully saturated rings. The third kappa shape index (κ3) is 10.6. The number of esters is 2. The van der Waals surface area contributed by atoms with Gasteiger partial charge in [-0.1, -0.05) is 118 Å². The van der Waals surface area contributed by atoms with Gasteiger partial charge < -0.3 is 20.1 Å². The van der Waals surface area contributed by atoms with E-state index in [1.54, 1.807) is 0 Å². The van der Waals surface area contributed by atoms with Crippen LogP contribution in [-0.2, 0) is 48.3 Å². The number of nitrogens with one attached hydrogen (secondary N) is 2. The first-order chi connectivity index (χ1) is 21.8. The van der Waals surface area contributed by atoms with Crippen molar-refractivity contribution in [3.63, 3.8) is 0 Å². The molecule has 0 radical (unpaired) electrons. The number of carbonyl (C=O) groups excluding carboxylic acids is 4. The van der Waals surface area contributed by atoms with Crippen LogP contribution < -0.4 is 10.6 Å². The molecule has 1 aliphatic carbocycles. The number of hydrogen-bond donors (Lipinski definition) is 2. The molecule has 1 saturated carbocycles. The molecule has 0 saturated heterocycles. The van der Waals surface area contributed by atoms with Crippen LogP contribution >= 0.6 is 0 Å². The number of amides is 2. The maximum absolute atomic E-state index is 13.8. The molecule has 3 aromatic carbocycles. The minimum atomic E-state index is -0.959. The highest BCUT2D eigenvalue weighted by atomic mass is 16.5. The third-order valence-electron chi connectivity index (χ3n) is 8.08. The number of hydrogen-bond acceptors (Lipinski definition) is 6. The van der Waals surface area contributed by atoms with Gasteiger partial charge >= 0.3 is 11.9 Å². The van der Waals surface area contributed by atoms with Crippen LogP contribution in [-0.4, -0.2) is 35.8 Å². The highest BCUT2D eigenvalue weighted by Gasteiger charge is 2.38. The molecule has 2 amide bonds. The van der Waals surface area contributed by atoms with E-state index in [1.165, 1.54) is 0 Å². The first-order valence-corrected chi connectivity index (χ1v) is 15.9. The average Bonchev–Trinajstić information content (AvgIpc) is 3.06. The summed E-state index contributed by atoms with van der Waals surface area (Å²) < 4.78 is 11.2. The van der Waals surface area contributed by atoms with Gasteiger partial charge in [-0.15, -0.1) is 0 Å². The molecule has 0 bridgehead atoms. The molecule has 45 heavy (non-hydrogen) atoms. The molecule has 0 heterocycles. The molecule has 0 aromatic heterocycles. The van der Waals surface area contributed by atoms with Crippen molar-refractivity contribution in [3.05, 3.63) is 108 Å². The first kappa shape index (κ1) is 33.4. The quantitative estimate of drug-likeness (QED) is 0.232. The second kappa shape index (κ2) is 17.1. The fourth-order valence-electron chi connectivity index (χ4n) is 5.69. The normalized spacial score (nSPS) is 17.5. The van der Waals surface area contributed by atoms with E-state index in [0.717, 1.165) is 29.5 Å². The SMILES string of the molecule is CC(C)C[C@H](NC(=O)[C@H](Cc1ccccc1)NC(=O)[C@@H]1CCCC[C@@H]1C(=O)OCc1ccccc1)C(=O)OCc1ccccc1. The molecule has 4 atom stereocenters. The van der Waals surface area contributed by atoms with E-state index in [2.05, 4.69) is 10.6 Å². The van der Waals surface area contributed by atoms with E-state index in [4.69, 9.17) is 9.47 Å². The van der Waals surface area contributed by atoms with Crippen LogP contribution in [0.4, 0.5) is 0 Å². The summed E-state index contributed by atoms with van der Waals surface area (Å²) in [5, 5.41) is 5.80. The summed E-state index contributed by atoms with van der Waals surface area (Å²) >= 11 is 0. The van der Waals surface area contributed by atoms with Crippen molar-refractivity contribution in [1.29, 1.82) is 0 Å². The Labute approximate surface area is 265 Å². The lowest BCUT2D eigenvalue weighted by atomic mass is 9.78. The molecule has 0 unspecified atom stereocenters. The van der Waals surface area contributed by atoms with Crippen LogP contribution in [0.1, 0.15) is 62.6 Å². The minimum absolute atomic E-state index is 0.0950. The Bertz CT molecular complexity index is 1380. The van der Waals surface area contributed by atoms with Gasteiger partial charge in [-0.3, -0.25) is 14.4 Å². The number of ether oxygens (including phenoxy) is 2. The molecular weight excluding hydrogens is 568 g/mol. The first-order valence-electron chi connectivity index (χ1n) is 15.9. The predicted octanol–water partition coefficient (Wildman–Crippen LogP) is 5.54. The molecule has 8 heteroatoms. The Balaban J connectivity index is 1.46. The Morgan fingerprint density at radius 1 is 0.667 bits per heavy atom. The van der Waals surface area contributed by atoms with E-state index in [0.29, 0.717) is 19.3 Å². The fourth-order valence-corrected chi connectivity index (χ4v) is 5.69. The van der Waals surface area contributed by atoms with Crippen molar-refractivity contribution in [2.75, 3.05) is 0 Å². The van der Waals surface area contributed by atoms with Gasteiger partial charge in [0.05, 0.1) is 11.8 Å². The molecular formula is C37H44N2O6. The van der Waals surface area contributed by atoms with Gasteiger partial charge in [-0.05, 0) is 41.9 Å². The van der Waals surface area contributed by atoms with Crippen LogP contribution in [0.15, 0.2) is 91.0 Å². The van der Waals surface area contributed by atoms with E-state index in [1.807, 2.05) is 105 Å². The number of rotatable bonds is 14. The maximum Gasteiger partial charge on any atom is 0.328 e. The van der Waals surface area contributed by atoms with Crippen LogP contribution in [0.3, 0.4) is 0 Å². The standard InChI is InChI=1S/C37H44N2O6/c1-26(2)22-33(37(43)45-25-29-18-10-5-11-19-29)39-35(41)32(23-27-14-6-3-7-15-27)38-34(40)30-20-12-13-21-31(30)36(42)44-24-28-16-8-4-9-17-28/h3-11,14-19,26,30-33H,12-13,20-25H2,1-2H3,(H,38,40)(H,39,41)/t30-,31+,32+,33+/m1/s1. The second-order valence-corrected chi connectivity index (χ2v) is 12.1. The van der Waals surface area contributed by atoms with Crippen molar-refractivity contribution in [3.8, 4) is 0 Å². The Hall–Kier alpha value is -4.46. The second-order valence-electron chi connectivity index (χ2n) is 12.1. The Kier molecular flexibility index (Phi) is 12.7. The van der Waals surface area contributed by atoms with Gasteiger partial charge in [0.25, 0.3) is 0 Å². The summed E-state index contributed by atoms with van der Waals surface area (Å²) in [5.41, 5.74) is 2.58. The zero-order chi connectivity index (χ0) is 32.0. The third-order valence-corrected chi connectivity index (χ3v) is 8.08. The van der Waals surface area contributed by atoms with Crippen molar-refractivity contribution in [2.24, 2.45) is 17.8 Å². The number of carbonyl (C=O) groups is 4. The van der Waals surface area contributed by atoms with Gasteiger partial charge in [0.1, 0.15) is 25.3 Å². The lowest BCUT2D eigenvalue weighted by Crippen LogP contribution is -2.54. The van der Waals surface area contributed by atoms with Crippen LogP contribution in [0.25, 0.3) is 0 Å². The van der Waals surface area contributed by atoms with Crippen LogP contribution in [0.2, 0.25) is 0 Å². The lowest BCUT2D eigenvalue weighted by Gasteiger charge is -2.31. The summed E-state index contributed by atoms with van der Waals surface area (Å²) in [6, 6.07) is 26.3. The topological polar surface area (TPSA) is 111 Å². The van der Waals surface area contributed by atoms with E-state index < -0.39 is 41.8 Å². The molecule has 8 nitrogen and oxygen atoms in total. The summed E-state index contributed by atoms with van der Waals surface area (Å²) in [7, 11) is 0. The smallest absolute Gasteiger partial charge is 0.328 e. The summed E-state index contributed by atoms with van der Waals surface area (Å²) in [4.78, 5) is 53.8. The molecule has 0 spiro atoms. The minimum Gasteiger partial charge on any atom is -0.461 e. The van der Waals surface area contributed by atoms with Crippen molar-refractivity contribution >= 4 is 23.8 Å². The Morgan fingerprint density at radius 3 is 1.73 bits per heavy atom. The lowest BCUT2D eigenvalue weighted by molar-refractivity contribution is -0.156. The molecule has 3 aromatic rings. The van der Waals surface area contributed by atoms with Crippen LogP contribution in [0, 0.1) is 17.8 Å². The summed E-state index contributed by atoms with van der Waals surface area (Å²) in [5.74, 6) is -2.88. The Morgan fingerprint density at radius 2 is 1.18 bits per heavy atom. The van der Waals surface area contributed by atoms with Gasteiger partial charge in [0, 0.05) is 6.42 Å². The van der Waals surface area contributed by atoms with Gasteiger partial charge in [0.2, 0.25) is 11.8 Å². The zero-order valence-corrected chi connectivity index (χ0v) is 26.2. The van der Waals surface area contributed by atoms with Crippen molar-refractivity contribution in [2.45, 2.75) is 77.7 Å². The van der Waals surface area contributed by atoms with Crippen LogP contribution in [0.5, 0.6) is 0 Å². The van der Waals surface area contributed by atoms with Gasteiger partial charge in [0.15, 0.2) is 0 Å². The summed E-state index contributed by atoms with van der Waals surface area (Å²) in [6.45, 7) is 4.17. The van der Waals surface area contributed by atoms with E-state index >= 15 is 0 Å². The summed E-state index contributed by atoms with van der Waals surface area (Å²) in [6.07, 6.45) is 3.30. The molecule has 0 aliphatic heterocycles. The van der Waals surface area contributed by atoms with E-state index in [9.17, 15) is 19.2 Å². The zero-order valence-electron chi connectivity index (χ0n) is 26.2. The largest absolute Gasteiger partial charge is 0.461 e. The number of benzene rings is 3. The van der Waals surface area contributed by atoms with E-state index in [-0.39, 0.29) is 31.5 Å². The van der Waals surface area contributed by atoms with Crippen molar-refractivity contribution in [1.82, 2.24) is 10.6 Å². The van der Waals surface area contributed by atoms with Gasteiger partial charge in [-0.2, -0.15) is 0 Å². The molecule has 2 N–H and O–H groups in total. The molecule has 1 aliphatic rings. The highest BCUT2D eigenvalue weighted by molar-refractivity contribution is 5.92. The van der Waals surface area contributed by atoms with Crippen molar-refractivity contribution < 1.29 is 28.7 Å². The fraction of sp³-hybridized carbons (Fsp3) is 0.405. The average molecular weight is 613 g/mol. The molecule has 238 valence electrons. The van der Waals surface area contributed by atoms with Gasteiger partial charge in [-0.25, -0.2) is 4.79 Å². The maximum atomic E-state index is 13.8. The monoisotopic (exact) mass is 612 g/mol. The highest BCUT2D eigenvalue weighted by Crippen LogP contribution is 2.32. The molecule has 4 rings (SSSR count).